The van der Waals surface area contributed by atoms with Gasteiger partial charge in [-0.3, -0.25) is 4.70 Å². The van der Waals surface area contributed by atoms with E-state index in [2.05, 4.69) is 116 Å². The largest absolute Gasteiger partial charge is 0.542 e. The molecule has 8 aromatic rings. The number of halogens is 13. The Bertz CT molecular complexity index is 4260. The minimum absolute atomic E-state index is 0. The first-order valence-corrected chi connectivity index (χ1v) is 46.8. The molecule has 3 aliphatic heterocycles. The second-order valence-corrected chi connectivity index (χ2v) is 47.0. The van der Waals surface area contributed by atoms with Crippen LogP contribution >= 0.6 is 127 Å². The predicted octanol–water partition coefficient (Wildman–Crippen LogP) is 25.1. The molecule has 624 valence electrons. The smallest absolute Gasteiger partial charge is 0.494 e. The van der Waals surface area contributed by atoms with Crippen LogP contribution < -0.4 is 24.5 Å². The van der Waals surface area contributed by atoms with E-state index in [0.717, 1.165) is 33.4 Å². The topological polar surface area (TPSA) is 181 Å². The number of rotatable bonds is 14. The van der Waals surface area contributed by atoms with Crippen LogP contribution in [0.3, 0.4) is 0 Å². The van der Waals surface area contributed by atoms with Crippen molar-refractivity contribution in [3.63, 3.8) is 0 Å². The van der Waals surface area contributed by atoms with Gasteiger partial charge in [0.25, 0.3) is 16.6 Å². The van der Waals surface area contributed by atoms with Crippen LogP contribution in [0.2, 0.25) is 81.6 Å². The molecule has 3 N–H and O–H groups in total. The van der Waals surface area contributed by atoms with Gasteiger partial charge in [0.15, 0.2) is 22.5 Å². The summed E-state index contributed by atoms with van der Waals surface area (Å²) in [7, 11) is -5.36. The monoisotopic (exact) mass is 1900 g/mol. The number of phenolic OH excluding ortho intramolecular Hbond substituents is 2. The van der Waals surface area contributed by atoms with Crippen molar-refractivity contribution in [1.82, 2.24) is 25.7 Å². The summed E-state index contributed by atoms with van der Waals surface area (Å²) < 4.78 is 75.2. The Labute approximate surface area is 734 Å². The van der Waals surface area contributed by atoms with E-state index in [-0.39, 0.29) is 80.4 Å². The Balaban J connectivity index is 0.000000290. The summed E-state index contributed by atoms with van der Waals surface area (Å²) in [4.78, 5) is 1.99. The number of para-hydroxylation sites is 2. The van der Waals surface area contributed by atoms with E-state index in [0.29, 0.717) is 66.9 Å². The van der Waals surface area contributed by atoms with Crippen molar-refractivity contribution in [2.45, 2.75) is 221 Å². The predicted molar refractivity (Wildman–Crippen MR) is 483 cm³/mol. The number of nitrogens with zero attached hydrogens (tertiary/aromatic N) is 5. The Morgan fingerprint density at radius 2 is 0.860 bits per heavy atom. The first-order chi connectivity index (χ1) is 51.9. The van der Waals surface area contributed by atoms with Crippen LogP contribution in [-0.4, -0.2) is 115 Å². The summed E-state index contributed by atoms with van der Waals surface area (Å²) in [5.74, 6) is 1.21. The molecule has 0 bridgehead atoms. The lowest BCUT2D eigenvalue weighted by Gasteiger charge is -2.37. The van der Waals surface area contributed by atoms with E-state index >= 15 is 0 Å². The molecule has 34 heteroatoms. The van der Waals surface area contributed by atoms with Gasteiger partial charge in [0.2, 0.25) is 0 Å². The Morgan fingerprint density at radius 1 is 0.474 bits per heavy atom. The van der Waals surface area contributed by atoms with Crippen LogP contribution in [0.1, 0.15) is 150 Å². The summed E-state index contributed by atoms with van der Waals surface area (Å²) in [5.41, 5.74) is 1.63. The fraction of sp³-hybridized carbons (Fsp3) is 0.450. The van der Waals surface area contributed by atoms with Gasteiger partial charge in [-0.25, -0.2) is 8.78 Å². The highest BCUT2D eigenvalue weighted by Gasteiger charge is 2.64. The number of aromatic nitrogens is 4. The molecular weight excluding hydrogens is 1800 g/mol. The molecule has 0 atom stereocenters. The third-order valence-electron chi connectivity index (χ3n) is 20.5. The van der Waals surface area contributed by atoms with Crippen molar-refractivity contribution < 1.29 is 60.5 Å². The molecule has 3 saturated heterocycles. The van der Waals surface area contributed by atoms with Gasteiger partial charge in [0.05, 0.1) is 79.5 Å². The van der Waals surface area contributed by atoms with E-state index in [9.17, 15) is 13.9 Å². The standard InChI is InChI=1S/C19H16Cl2FN3O.C18H29BCl2O3Si.C12H24B2O4.C12H18Cl2OSi.C9H12FN.C6H4Cl2O.C4H2ClIN2.FH/c1-2-25(11-12-4-3-5-14(22)8-12)18-7-6-17(23-24-18)13-9-15(20)19(26)16(21)10-13;1-16(2,3)25(8,9)22-15-13(20)10-12(11-14(15)21)19-23-17(4,5)18(6,7)24-19;1-9(2)10(3,4)16-13(15-9)14-17-11(5,6)12(7,8)18-14;1-12(2,3)16(4,5)15-11-9(13)7-6-8-10(11)14;1-2-11-7-8-4-3-5-9(10)6-8;7-4-2-1-3-5(8)6(4)9;5-3-1-2-4(6)8-7-3;/h3-10,26H,2,11H2,1H3;10-11H,1-9H3;1-8H3;6-8H,1-5H3;3-6,11H,2,7H2,1H3;1-3,9H;1-2H;1H. The van der Waals surface area contributed by atoms with Crippen LogP contribution in [-0.2, 0) is 41.0 Å². The highest BCUT2D eigenvalue weighted by Crippen LogP contribution is 2.47. The average Bonchev–Trinajstić information content (AvgIpc) is 1.60. The highest BCUT2D eigenvalue weighted by atomic mass is 127. The lowest BCUT2D eigenvalue weighted by Crippen LogP contribution is -2.44. The van der Waals surface area contributed by atoms with E-state index in [1.165, 1.54) is 18.2 Å². The van der Waals surface area contributed by atoms with E-state index in [1.807, 2.05) is 138 Å². The summed E-state index contributed by atoms with van der Waals surface area (Å²) >= 11 is 55.6. The number of aromatic hydroxyl groups is 2. The molecule has 0 amide bonds. The van der Waals surface area contributed by atoms with Crippen molar-refractivity contribution >= 4 is 176 Å². The summed E-state index contributed by atoms with van der Waals surface area (Å²) in [6, 6.07) is 37.3. The Hall–Kier alpha value is -4.04. The van der Waals surface area contributed by atoms with Gasteiger partial charge in [-0.15, -0.1) is 20.4 Å². The first kappa shape index (κ1) is 102. The molecule has 114 heavy (non-hydrogen) atoms. The SMILES string of the molecule is CC(C)(C)[Si](C)(C)Oc1c(Cl)cccc1Cl.CC1(C)OB(B2OC(C)(C)C(C)(C)O2)OC1(C)C.CC1(C)OB(c2cc(Cl)c(O[Si](C)(C)C(C)(C)C)c(Cl)c2)OC1(C)C.CCN(Cc1cccc(F)c1)c1ccc(-c2cc(Cl)c(O)c(Cl)c2)nn1.CCNCc1cccc(F)c1.Clc1ccc(I)nn1.F.Oc1c(Cl)cccc1Cl. The van der Waals surface area contributed by atoms with Gasteiger partial charge in [0.1, 0.15) is 26.8 Å². The van der Waals surface area contributed by atoms with Crippen molar-refractivity contribution in [2.75, 3.05) is 18.0 Å². The molecule has 5 heterocycles. The summed E-state index contributed by atoms with van der Waals surface area (Å²) in [6.45, 7) is 53.0. The van der Waals surface area contributed by atoms with Gasteiger partial charge in [0, 0.05) is 25.2 Å². The molecule has 0 radical (unpaired) electrons. The number of anilines is 1. The normalized spacial score (nSPS) is 16.1. The maximum atomic E-state index is 13.4. The number of nitrogens with one attached hydrogen (secondary N) is 1. The molecule has 6 aromatic carbocycles. The van der Waals surface area contributed by atoms with E-state index in [1.54, 1.807) is 78.9 Å². The maximum absolute atomic E-state index is 13.4. The van der Waals surface area contributed by atoms with Crippen LogP contribution in [0.5, 0.6) is 23.0 Å². The van der Waals surface area contributed by atoms with Gasteiger partial charge in [-0.05, 0) is 269 Å². The van der Waals surface area contributed by atoms with Crippen molar-refractivity contribution in [1.29, 1.82) is 0 Å². The zero-order valence-electron chi connectivity index (χ0n) is 69.1. The Kier molecular flexibility index (Phi) is 38.1. The van der Waals surface area contributed by atoms with Crippen molar-refractivity contribution in [2.24, 2.45) is 0 Å². The molecule has 2 aromatic heterocycles. The van der Waals surface area contributed by atoms with Crippen LogP contribution in [0.15, 0.2) is 133 Å². The fourth-order valence-electron chi connectivity index (χ4n) is 9.47. The van der Waals surface area contributed by atoms with Gasteiger partial charge >= 0.3 is 21.1 Å². The zero-order chi connectivity index (χ0) is 85.6. The quantitative estimate of drug-likeness (QED) is 0.0690. The van der Waals surface area contributed by atoms with Gasteiger partial charge in [-0.2, -0.15) is 0 Å². The maximum Gasteiger partial charge on any atom is 0.494 e. The minimum atomic E-state index is -2.03. The van der Waals surface area contributed by atoms with E-state index < -0.39 is 49.0 Å². The number of phenols is 2. The molecule has 16 nitrogen and oxygen atoms in total. The highest BCUT2D eigenvalue weighted by molar-refractivity contribution is 14.1. The second kappa shape index (κ2) is 42.5. The summed E-state index contributed by atoms with van der Waals surface area (Å²) in [6.07, 6.45) is 0. The third kappa shape index (κ3) is 28.8. The van der Waals surface area contributed by atoms with Crippen LogP contribution in [0.4, 0.5) is 19.3 Å². The average molecular weight is 1900 g/mol. The molecule has 3 fully saturated rings. The number of hydrogen-bond donors (Lipinski definition) is 3. The molecule has 0 saturated carbocycles. The molecule has 0 unspecified atom stereocenters. The van der Waals surface area contributed by atoms with E-state index in [4.69, 9.17) is 146 Å². The van der Waals surface area contributed by atoms with Crippen LogP contribution in [0, 0.1) is 15.3 Å². The second-order valence-electron chi connectivity index (χ2n) is 32.8. The van der Waals surface area contributed by atoms with Gasteiger partial charge in [-0.1, -0.05) is 189 Å². The molecule has 0 spiro atoms. The minimum Gasteiger partial charge on any atom is -0.542 e. The molecule has 11 rings (SSSR count). The molecular formula is C80H106B3Cl9F3IN6O10Si2. The van der Waals surface area contributed by atoms with Crippen molar-refractivity contribution in [3.05, 3.63) is 205 Å². The number of hydrogen-bond acceptors (Lipinski definition) is 16. The third-order valence-corrected chi connectivity index (χ3v) is 32.3. The molecule has 0 aliphatic carbocycles. The lowest BCUT2D eigenvalue weighted by molar-refractivity contribution is 0.00578. The number of benzene rings is 6. The summed E-state index contributed by atoms with van der Waals surface area (Å²) in [5, 5.41) is 41.1. The van der Waals surface area contributed by atoms with Gasteiger partial charge < -0.3 is 57.2 Å². The Morgan fingerprint density at radius 3 is 1.22 bits per heavy atom. The van der Waals surface area contributed by atoms with Crippen molar-refractivity contribution in [3.8, 4) is 34.3 Å². The zero-order valence-corrected chi connectivity index (χ0v) is 80.1. The molecule has 3 aliphatic rings. The lowest BCUT2D eigenvalue weighted by atomic mass is 9.49. The first-order valence-electron chi connectivity index (χ1n) is 36.5. The fourth-order valence-corrected chi connectivity index (χ4v) is 14.1. The van der Waals surface area contributed by atoms with Crippen LogP contribution in [0.25, 0.3) is 11.3 Å².